The molecule has 13 heteroatoms. The van der Waals surface area contributed by atoms with Crippen LogP contribution in [0.1, 0.15) is 29.7 Å². The number of benzene rings is 12. The van der Waals surface area contributed by atoms with Crippen LogP contribution in [0.25, 0.3) is 75.2 Å². The van der Waals surface area contributed by atoms with Gasteiger partial charge in [0.2, 0.25) is 0 Å². The van der Waals surface area contributed by atoms with E-state index < -0.39 is 0 Å². The Hall–Kier alpha value is -7.91. The standard InChI is InChI=1S/C26H19IO3S.C26H19IO2S.C25H17IO2S/c1-29-23-15-17(14-22(27)26(23)28)16-30-18-10-12-19(13-11-18)31-24-8-4-2-6-20(24)21-7-3-5-9-25(21)31;1-17(18-10-15-24(28)23(27)16-18)29-19-11-13-20(14-12-19)30-25-8-4-2-6-21(25)22-7-3-5-9-26(22)30;26-22-15-17(9-14-23(22)27)16-28-18-10-12-19(13-11-18)29-24-7-3-1-5-20(24)21-6-2-4-8-25(21)29/h2-15H,16H2,1H3;2-17H,1H3;1-15H,16H2/p+3. The van der Waals surface area contributed by atoms with Gasteiger partial charge in [-0.05, 0) is 237 Å². The second-order valence-electron chi connectivity index (χ2n) is 21.3. The van der Waals surface area contributed by atoms with Crippen LogP contribution in [0.2, 0.25) is 0 Å². The summed E-state index contributed by atoms with van der Waals surface area (Å²) in [6.07, 6.45) is -0.0969. The zero-order chi connectivity index (χ0) is 61.8. The lowest BCUT2D eigenvalue weighted by Crippen LogP contribution is -2.03. The third kappa shape index (κ3) is 12.8. The number of hydrogen-bond donors (Lipinski definition) is 3. The number of fused-ring (bicyclic) bond motifs is 9. The van der Waals surface area contributed by atoms with Crippen molar-refractivity contribution in [3.05, 3.63) is 294 Å². The minimum Gasteiger partial charge on any atom is -0.507 e. The average Bonchev–Trinajstić information content (AvgIpc) is 1.67. The van der Waals surface area contributed by atoms with Gasteiger partial charge in [-0.2, -0.15) is 0 Å². The fourth-order valence-corrected chi connectivity index (χ4v) is 20.1. The van der Waals surface area contributed by atoms with E-state index in [1.807, 2.05) is 49.4 Å². The van der Waals surface area contributed by atoms with Crippen LogP contribution in [0.3, 0.4) is 0 Å². The molecule has 15 rings (SSSR count). The molecule has 0 radical (unpaired) electrons. The second kappa shape index (κ2) is 27.3. The summed E-state index contributed by atoms with van der Waals surface area (Å²) in [4.78, 5) is 3.88. The van der Waals surface area contributed by atoms with Crippen LogP contribution in [0.15, 0.2) is 267 Å². The van der Waals surface area contributed by atoms with E-state index in [0.717, 1.165) is 44.6 Å². The van der Waals surface area contributed by atoms with Crippen LogP contribution in [0, 0.1) is 10.7 Å². The molecule has 0 amide bonds. The van der Waals surface area contributed by atoms with Crippen LogP contribution in [0.5, 0.6) is 40.2 Å². The first kappa shape index (κ1) is 61.0. The SMILES string of the molecule is CC(Oc1ccc(-[s+]2c3ccccc3c3ccccc32)cc1)c1ccc(O)c(I)c1.COc1cc(COc2ccc(-[s+]3c4ccccc4c4ccccc43)cc2)cc(I)c1O.Oc1ccc(COc2ccc(-[s+]3c4ccccc4c4ccccc43)cc2)cc1I. The van der Waals surface area contributed by atoms with Crippen molar-refractivity contribution in [1.29, 1.82) is 0 Å². The van der Waals surface area contributed by atoms with Crippen molar-refractivity contribution < 1.29 is 34.3 Å². The summed E-state index contributed by atoms with van der Waals surface area (Å²) in [6, 6.07) is 92.4. The summed E-state index contributed by atoms with van der Waals surface area (Å²) in [5.41, 5.74) is 3.03. The minimum absolute atomic E-state index is 0.0788. The smallest absolute Gasteiger partial charge is 0.187 e. The molecule has 7 nitrogen and oxygen atoms in total. The fourth-order valence-electron chi connectivity index (χ4n) is 11.2. The molecule has 15 aromatic rings. The van der Waals surface area contributed by atoms with Gasteiger partial charge in [0, 0.05) is 100 Å². The van der Waals surface area contributed by atoms with Crippen LogP contribution in [-0.4, -0.2) is 22.4 Å². The summed E-state index contributed by atoms with van der Waals surface area (Å²) in [5, 5.41) is 37.4. The summed E-state index contributed by atoms with van der Waals surface area (Å²) in [5.74, 6) is 3.73. The van der Waals surface area contributed by atoms with Crippen LogP contribution >= 0.6 is 99.2 Å². The molecule has 0 saturated heterocycles. The summed E-state index contributed by atoms with van der Waals surface area (Å²) >= 11 is 6.36. The Morgan fingerprint density at radius 1 is 0.356 bits per heavy atom. The van der Waals surface area contributed by atoms with E-state index in [0.29, 0.717) is 30.5 Å². The molecule has 0 aliphatic heterocycles. The molecule has 1 unspecified atom stereocenters. The van der Waals surface area contributed by atoms with Crippen LogP contribution in [-0.2, 0) is 13.2 Å². The van der Waals surface area contributed by atoms with Crippen molar-refractivity contribution in [1.82, 2.24) is 0 Å². The molecule has 0 saturated carbocycles. The quantitative estimate of drug-likeness (QED) is 0.0781. The number of thiophene rings is 3. The van der Waals surface area contributed by atoms with Gasteiger partial charge in [-0.25, -0.2) is 0 Å². The third-order valence-electron chi connectivity index (χ3n) is 15.6. The molecular formula is C77H58I3O7S3+3. The number of phenols is 3. The normalized spacial score (nSPS) is 11.6. The summed E-state index contributed by atoms with van der Waals surface area (Å²) in [7, 11) is 1.28. The van der Waals surface area contributed by atoms with Crippen molar-refractivity contribution in [3.63, 3.8) is 0 Å². The first-order valence-corrected chi connectivity index (χ1v) is 35.9. The Labute approximate surface area is 570 Å². The van der Waals surface area contributed by atoms with Crippen LogP contribution in [0.4, 0.5) is 0 Å². The number of rotatable bonds is 13. The van der Waals surface area contributed by atoms with E-state index in [-0.39, 0.29) is 43.3 Å². The van der Waals surface area contributed by atoms with Crippen molar-refractivity contribution in [3.8, 4) is 54.9 Å². The Morgan fingerprint density at radius 2 is 0.689 bits per heavy atom. The topological polar surface area (TPSA) is 97.6 Å². The molecule has 0 bridgehead atoms. The number of hydrogen-bond acceptors (Lipinski definition) is 7. The average molecular weight is 1570 g/mol. The van der Waals surface area contributed by atoms with E-state index in [4.69, 9.17) is 18.9 Å². The molecule has 3 heterocycles. The van der Waals surface area contributed by atoms with Crippen molar-refractivity contribution >= 4 is 160 Å². The molecule has 3 N–H and O–H groups in total. The Morgan fingerprint density at radius 3 is 1.06 bits per heavy atom. The molecule has 0 aliphatic carbocycles. The lowest BCUT2D eigenvalue weighted by molar-refractivity contribution is 0.227. The number of aromatic hydroxyl groups is 3. The van der Waals surface area contributed by atoms with Gasteiger partial charge in [0.05, 0.1) is 17.8 Å². The maximum absolute atomic E-state index is 10.0. The van der Waals surface area contributed by atoms with Gasteiger partial charge in [0.1, 0.15) is 48.1 Å². The van der Waals surface area contributed by atoms with Gasteiger partial charge < -0.3 is 34.3 Å². The molecule has 0 fully saturated rings. The molecular weight excluding hydrogens is 1510 g/mol. The van der Waals surface area contributed by atoms with Gasteiger partial charge in [-0.15, -0.1) is 0 Å². The molecule has 12 aromatic carbocycles. The highest BCUT2D eigenvalue weighted by atomic mass is 127. The Bertz CT molecular complexity index is 4920. The summed E-state index contributed by atoms with van der Waals surface area (Å²) in [6.45, 7) is 2.91. The van der Waals surface area contributed by atoms with E-state index in [1.165, 1.54) is 75.2 Å². The lowest BCUT2D eigenvalue weighted by Gasteiger charge is -2.15. The zero-order valence-corrected chi connectivity index (χ0v) is 57.7. The fraction of sp³-hybridized carbons (Fsp3) is 0.0649. The van der Waals surface area contributed by atoms with Crippen molar-refractivity contribution in [2.45, 2.75) is 26.2 Å². The largest absolute Gasteiger partial charge is 0.507 e. The van der Waals surface area contributed by atoms with E-state index in [2.05, 4.69) is 274 Å². The molecule has 1 atom stereocenters. The molecule has 0 aliphatic rings. The maximum atomic E-state index is 10.0. The predicted molar refractivity (Wildman–Crippen MR) is 403 cm³/mol. The van der Waals surface area contributed by atoms with Gasteiger partial charge >= 0.3 is 0 Å². The number of phenolic OH excluding ortho intramolecular Hbond substituents is 3. The first-order chi connectivity index (χ1) is 44.0. The zero-order valence-electron chi connectivity index (χ0n) is 48.7. The van der Waals surface area contributed by atoms with Crippen molar-refractivity contribution in [2.75, 3.05) is 7.11 Å². The van der Waals surface area contributed by atoms with E-state index in [9.17, 15) is 15.3 Å². The van der Waals surface area contributed by atoms with Gasteiger partial charge in [-0.3, -0.25) is 0 Å². The number of halogens is 3. The number of ether oxygens (including phenoxy) is 4. The summed E-state index contributed by atoms with van der Waals surface area (Å²) < 4.78 is 34.1. The Kier molecular flexibility index (Phi) is 18.5. The van der Waals surface area contributed by atoms with Crippen molar-refractivity contribution in [2.24, 2.45) is 0 Å². The van der Waals surface area contributed by atoms with Crippen LogP contribution < -0.4 is 18.9 Å². The highest BCUT2D eigenvalue weighted by molar-refractivity contribution is 14.1. The third-order valence-corrected chi connectivity index (χ3v) is 25.1. The second-order valence-corrected chi connectivity index (χ2v) is 30.6. The Balaban J connectivity index is 0.000000124. The monoisotopic (exact) mass is 1570 g/mol. The molecule has 90 heavy (non-hydrogen) atoms. The number of methoxy groups -OCH3 is 1. The van der Waals surface area contributed by atoms with E-state index >= 15 is 0 Å². The predicted octanol–water partition coefficient (Wildman–Crippen LogP) is 23.4. The van der Waals surface area contributed by atoms with Gasteiger partial charge in [-0.1, -0.05) is 84.9 Å². The lowest BCUT2D eigenvalue weighted by atomic mass is 10.1. The minimum atomic E-state index is -0.0997. The molecule has 444 valence electrons. The molecule has 3 aromatic heterocycles. The van der Waals surface area contributed by atoms with Gasteiger partial charge in [0.25, 0.3) is 0 Å². The van der Waals surface area contributed by atoms with Gasteiger partial charge in [0.15, 0.2) is 54.4 Å². The maximum Gasteiger partial charge on any atom is 0.187 e. The highest BCUT2D eigenvalue weighted by Gasteiger charge is 2.26. The molecule has 0 spiro atoms. The first-order valence-electron chi connectivity index (χ1n) is 29.0. The highest BCUT2D eigenvalue weighted by Crippen LogP contribution is 2.51. The van der Waals surface area contributed by atoms with E-state index in [1.54, 1.807) is 25.3 Å².